The maximum absolute atomic E-state index is 12.0. The summed E-state index contributed by atoms with van der Waals surface area (Å²) < 4.78 is 0. The molecule has 0 bridgehead atoms. The lowest BCUT2D eigenvalue weighted by molar-refractivity contribution is 0.0952. The summed E-state index contributed by atoms with van der Waals surface area (Å²) in [5.41, 5.74) is 5.02. The Balaban J connectivity index is 1.96. The lowest BCUT2D eigenvalue weighted by Gasteiger charge is -2.06. The molecule has 0 aromatic heterocycles. The predicted molar refractivity (Wildman–Crippen MR) is 84.5 cm³/mol. The molecule has 0 atom stereocenters. The van der Waals surface area contributed by atoms with Crippen molar-refractivity contribution in [3.05, 3.63) is 41.5 Å². The molecule has 0 radical (unpaired) electrons. The number of carbonyl (C=O) groups is 1. The minimum atomic E-state index is -0.375. The van der Waals surface area contributed by atoms with Crippen LogP contribution in [0.15, 0.2) is 41.0 Å². The van der Waals surface area contributed by atoms with Crippen LogP contribution >= 0.6 is 0 Å². The van der Waals surface area contributed by atoms with E-state index < -0.39 is 0 Å². The molecule has 0 fully saturated rings. The Morgan fingerprint density at radius 1 is 1.33 bits per heavy atom. The lowest BCUT2D eigenvalue weighted by atomic mass is 10.1. The molecule has 0 unspecified atom stereocenters. The normalized spacial score (nSPS) is 16.0. The third kappa shape index (κ3) is 4.18. The van der Waals surface area contributed by atoms with Gasteiger partial charge >= 0.3 is 0 Å². The molecule has 0 spiro atoms. The highest BCUT2D eigenvalue weighted by atomic mass is 16.3. The van der Waals surface area contributed by atoms with Gasteiger partial charge in [0.2, 0.25) is 0 Å². The summed E-state index contributed by atoms with van der Waals surface area (Å²) >= 11 is 0. The molecule has 1 aromatic rings. The van der Waals surface area contributed by atoms with Crippen molar-refractivity contribution in [1.82, 2.24) is 5.43 Å². The van der Waals surface area contributed by atoms with Crippen LogP contribution in [0.1, 0.15) is 55.8 Å². The molecule has 1 aliphatic rings. The number of hydrazone groups is 1. The first kappa shape index (κ1) is 15.3. The van der Waals surface area contributed by atoms with E-state index in [1.54, 1.807) is 18.2 Å². The zero-order chi connectivity index (χ0) is 15.1. The predicted octanol–water partition coefficient (Wildman–Crippen LogP) is 3.78. The molecule has 0 aliphatic heterocycles. The number of phenolic OH excluding ortho intramolecular Hbond substituents is 1. The molecular formula is C17H22N2O2. The Labute approximate surface area is 125 Å². The monoisotopic (exact) mass is 286 g/mol. The molecule has 0 saturated carbocycles. The minimum Gasteiger partial charge on any atom is -0.507 e. The van der Waals surface area contributed by atoms with E-state index in [2.05, 4.69) is 23.5 Å². The second-order valence-corrected chi connectivity index (χ2v) is 5.24. The van der Waals surface area contributed by atoms with Gasteiger partial charge in [-0.15, -0.1) is 0 Å². The number of allylic oxidation sites excluding steroid dienone is 2. The van der Waals surface area contributed by atoms with Crippen LogP contribution in [-0.4, -0.2) is 16.7 Å². The second-order valence-electron chi connectivity index (χ2n) is 5.24. The number of aromatic hydroxyl groups is 1. The number of phenols is 1. The van der Waals surface area contributed by atoms with E-state index in [9.17, 15) is 9.90 Å². The fraction of sp³-hybridized carbons (Fsp3) is 0.412. The van der Waals surface area contributed by atoms with E-state index in [0.717, 1.165) is 31.4 Å². The number of nitrogens with one attached hydrogen (secondary N) is 1. The van der Waals surface area contributed by atoms with Crippen LogP contribution in [0.3, 0.4) is 0 Å². The molecule has 21 heavy (non-hydrogen) atoms. The van der Waals surface area contributed by atoms with Crippen molar-refractivity contribution < 1.29 is 9.90 Å². The molecule has 0 saturated heterocycles. The number of amides is 1. The molecule has 1 amide bonds. The third-order valence-corrected chi connectivity index (χ3v) is 3.63. The van der Waals surface area contributed by atoms with E-state index in [1.807, 2.05) is 0 Å². The van der Waals surface area contributed by atoms with Crippen molar-refractivity contribution in [2.24, 2.45) is 5.10 Å². The van der Waals surface area contributed by atoms with Gasteiger partial charge in [-0.25, -0.2) is 5.43 Å². The minimum absolute atomic E-state index is 0.0275. The molecule has 112 valence electrons. The smallest absolute Gasteiger partial charge is 0.275 e. The first-order valence-electron chi connectivity index (χ1n) is 7.56. The summed E-state index contributed by atoms with van der Waals surface area (Å²) in [5, 5.41) is 13.9. The number of rotatable bonds is 6. The van der Waals surface area contributed by atoms with E-state index >= 15 is 0 Å². The highest BCUT2D eigenvalue weighted by molar-refractivity contribution is 6.03. The van der Waals surface area contributed by atoms with Crippen molar-refractivity contribution in [1.29, 1.82) is 0 Å². The Kier molecular flexibility index (Phi) is 5.55. The first-order chi connectivity index (χ1) is 10.2. The SMILES string of the molecule is CCCCCC1=CCCC1=NNC(=O)c1ccccc1O. The van der Waals surface area contributed by atoms with Crippen molar-refractivity contribution in [3.63, 3.8) is 0 Å². The standard InChI is InChI=1S/C17H22N2O2/c1-2-3-4-8-13-9-7-11-15(13)18-19-17(21)14-10-5-6-12-16(14)20/h5-6,9-10,12,20H,2-4,7-8,11H2,1H3,(H,19,21). The Morgan fingerprint density at radius 2 is 2.14 bits per heavy atom. The molecule has 4 nitrogen and oxygen atoms in total. The Hall–Kier alpha value is -2.10. The lowest BCUT2D eigenvalue weighted by Crippen LogP contribution is -2.19. The molecule has 2 N–H and O–H groups in total. The van der Waals surface area contributed by atoms with Crippen LogP contribution in [-0.2, 0) is 0 Å². The summed E-state index contributed by atoms with van der Waals surface area (Å²) in [4.78, 5) is 12.0. The van der Waals surface area contributed by atoms with Crippen LogP contribution in [0.2, 0.25) is 0 Å². The van der Waals surface area contributed by atoms with E-state index in [-0.39, 0.29) is 17.2 Å². The molecule has 2 rings (SSSR count). The maximum Gasteiger partial charge on any atom is 0.275 e. The van der Waals surface area contributed by atoms with Crippen LogP contribution < -0.4 is 5.43 Å². The first-order valence-corrected chi connectivity index (χ1v) is 7.56. The summed E-state index contributed by atoms with van der Waals surface area (Å²) in [6.07, 6.45) is 8.68. The van der Waals surface area contributed by atoms with Gasteiger partial charge in [0, 0.05) is 0 Å². The highest BCUT2D eigenvalue weighted by Gasteiger charge is 2.14. The number of carbonyl (C=O) groups excluding carboxylic acids is 1. The quantitative estimate of drug-likeness (QED) is 0.617. The third-order valence-electron chi connectivity index (χ3n) is 3.63. The summed E-state index contributed by atoms with van der Waals surface area (Å²) in [5.74, 6) is -0.402. The van der Waals surface area contributed by atoms with Gasteiger partial charge in [-0.2, -0.15) is 5.10 Å². The highest BCUT2D eigenvalue weighted by Crippen LogP contribution is 2.21. The van der Waals surface area contributed by atoms with E-state index in [1.165, 1.54) is 24.5 Å². The van der Waals surface area contributed by atoms with Crippen molar-refractivity contribution in [3.8, 4) is 5.75 Å². The number of unbranched alkanes of at least 4 members (excludes halogenated alkanes) is 2. The van der Waals surface area contributed by atoms with E-state index in [4.69, 9.17) is 0 Å². The van der Waals surface area contributed by atoms with Crippen LogP contribution in [0, 0.1) is 0 Å². The van der Waals surface area contributed by atoms with Gasteiger partial charge in [0.25, 0.3) is 5.91 Å². The van der Waals surface area contributed by atoms with Gasteiger partial charge in [-0.3, -0.25) is 4.79 Å². The Morgan fingerprint density at radius 3 is 2.90 bits per heavy atom. The van der Waals surface area contributed by atoms with Crippen molar-refractivity contribution >= 4 is 11.6 Å². The van der Waals surface area contributed by atoms with E-state index in [0.29, 0.717) is 0 Å². The van der Waals surface area contributed by atoms with Gasteiger partial charge in [0.05, 0.1) is 11.3 Å². The fourth-order valence-corrected chi connectivity index (χ4v) is 2.45. The van der Waals surface area contributed by atoms with Gasteiger partial charge in [0.15, 0.2) is 0 Å². The Bertz CT molecular complexity index is 562. The average Bonchev–Trinajstić information content (AvgIpc) is 2.93. The van der Waals surface area contributed by atoms with Crippen LogP contribution in [0.4, 0.5) is 0 Å². The fourth-order valence-electron chi connectivity index (χ4n) is 2.45. The molecule has 4 heteroatoms. The van der Waals surface area contributed by atoms with Gasteiger partial charge < -0.3 is 5.11 Å². The number of hydrogen-bond acceptors (Lipinski definition) is 3. The van der Waals surface area contributed by atoms with Crippen molar-refractivity contribution in [2.45, 2.75) is 45.4 Å². The average molecular weight is 286 g/mol. The van der Waals surface area contributed by atoms with Gasteiger partial charge in [-0.1, -0.05) is 38.0 Å². The largest absolute Gasteiger partial charge is 0.507 e. The zero-order valence-corrected chi connectivity index (χ0v) is 12.4. The summed E-state index contributed by atoms with van der Waals surface area (Å²) in [6, 6.07) is 6.47. The van der Waals surface area contributed by atoms with Crippen LogP contribution in [0.25, 0.3) is 0 Å². The zero-order valence-electron chi connectivity index (χ0n) is 12.4. The molecular weight excluding hydrogens is 264 g/mol. The topological polar surface area (TPSA) is 61.7 Å². The summed E-state index contributed by atoms with van der Waals surface area (Å²) in [6.45, 7) is 2.19. The maximum atomic E-state index is 12.0. The molecule has 1 aromatic carbocycles. The number of para-hydroxylation sites is 1. The van der Waals surface area contributed by atoms with Crippen LogP contribution in [0.5, 0.6) is 5.75 Å². The summed E-state index contributed by atoms with van der Waals surface area (Å²) in [7, 11) is 0. The van der Waals surface area contributed by atoms with Gasteiger partial charge in [-0.05, 0) is 43.4 Å². The number of hydrogen-bond donors (Lipinski definition) is 2. The van der Waals surface area contributed by atoms with Crippen molar-refractivity contribution in [2.75, 3.05) is 0 Å². The number of benzene rings is 1. The number of nitrogens with zero attached hydrogens (tertiary/aromatic N) is 1. The molecule has 0 heterocycles. The molecule has 1 aliphatic carbocycles. The van der Waals surface area contributed by atoms with Gasteiger partial charge in [0.1, 0.15) is 5.75 Å². The second kappa shape index (κ2) is 7.62.